The Balaban J connectivity index is 1.28. The quantitative estimate of drug-likeness (QED) is 0.521. The molecule has 2 amide bonds. The van der Waals surface area contributed by atoms with Crippen molar-refractivity contribution in [3.8, 4) is 11.5 Å². The third-order valence-corrected chi connectivity index (χ3v) is 6.14. The van der Waals surface area contributed by atoms with Gasteiger partial charge in [-0.25, -0.2) is 4.90 Å². The number of benzene rings is 3. The van der Waals surface area contributed by atoms with Gasteiger partial charge in [0.25, 0.3) is 11.8 Å². The van der Waals surface area contributed by atoms with Crippen molar-refractivity contribution in [2.45, 2.75) is 0 Å². The number of rotatable bonds is 5. The van der Waals surface area contributed by atoms with Crippen molar-refractivity contribution in [2.24, 2.45) is 0 Å². The number of ether oxygens (including phenoxy) is 1. The fourth-order valence-corrected chi connectivity index (χ4v) is 4.40. The lowest BCUT2D eigenvalue weighted by Crippen LogP contribution is -2.47. The van der Waals surface area contributed by atoms with Crippen LogP contribution in [0.2, 0.25) is 0 Å². The molecule has 0 radical (unpaired) electrons. The van der Waals surface area contributed by atoms with E-state index in [1.165, 1.54) is 0 Å². The van der Waals surface area contributed by atoms with Crippen LogP contribution in [0.3, 0.4) is 0 Å². The van der Waals surface area contributed by atoms with Crippen LogP contribution < -0.4 is 14.5 Å². The largest absolute Gasteiger partial charge is 0.457 e. The highest BCUT2D eigenvalue weighted by Gasteiger charge is 2.42. The standard InChI is InChI=1S/C26H22ClN3O3/c27-23-24(29-17-15-28(16-18-29)19-7-3-1-4-8-19)26(32)30(25(23)31)20-11-13-22(14-12-20)33-21-9-5-2-6-10-21/h1-14H,15-18H2. The monoisotopic (exact) mass is 459 g/mol. The lowest BCUT2D eigenvalue weighted by molar-refractivity contribution is -0.121. The summed E-state index contributed by atoms with van der Waals surface area (Å²) in [5.74, 6) is 0.425. The molecule has 7 heteroatoms. The summed E-state index contributed by atoms with van der Waals surface area (Å²) in [5, 5.41) is -0.0298. The zero-order valence-electron chi connectivity index (χ0n) is 17.9. The van der Waals surface area contributed by atoms with Crippen LogP contribution in [0.4, 0.5) is 11.4 Å². The topological polar surface area (TPSA) is 53.1 Å². The molecule has 3 aromatic carbocycles. The van der Waals surface area contributed by atoms with Gasteiger partial charge in [0.15, 0.2) is 0 Å². The maximum atomic E-state index is 13.2. The summed E-state index contributed by atoms with van der Waals surface area (Å²) in [5.41, 5.74) is 1.88. The van der Waals surface area contributed by atoms with E-state index in [0.717, 1.165) is 23.7 Å². The van der Waals surface area contributed by atoms with E-state index in [0.29, 0.717) is 30.3 Å². The molecule has 3 aromatic rings. The Morgan fingerprint density at radius 3 is 1.79 bits per heavy atom. The Hall–Kier alpha value is -3.77. The summed E-state index contributed by atoms with van der Waals surface area (Å²) in [6, 6.07) is 26.4. The number of hydrogen-bond acceptors (Lipinski definition) is 5. The Labute approximate surface area is 197 Å². The normalized spacial score (nSPS) is 16.6. The van der Waals surface area contributed by atoms with Gasteiger partial charge in [-0.1, -0.05) is 48.0 Å². The van der Waals surface area contributed by atoms with Gasteiger partial charge in [-0.15, -0.1) is 0 Å². The molecule has 0 spiro atoms. The summed E-state index contributed by atoms with van der Waals surface area (Å²) in [6.07, 6.45) is 0. The molecule has 0 aliphatic carbocycles. The van der Waals surface area contributed by atoms with Gasteiger partial charge in [0.1, 0.15) is 22.2 Å². The van der Waals surface area contributed by atoms with Crippen LogP contribution in [-0.2, 0) is 9.59 Å². The highest BCUT2D eigenvalue weighted by Crippen LogP contribution is 2.33. The molecule has 0 saturated carbocycles. The second-order valence-electron chi connectivity index (χ2n) is 7.83. The molecular weight excluding hydrogens is 438 g/mol. The van der Waals surface area contributed by atoms with Gasteiger partial charge >= 0.3 is 0 Å². The zero-order chi connectivity index (χ0) is 22.8. The van der Waals surface area contributed by atoms with Crippen LogP contribution in [0.5, 0.6) is 11.5 Å². The molecule has 33 heavy (non-hydrogen) atoms. The van der Waals surface area contributed by atoms with Gasteiger partial charge in [0.05, 0.1) is 5.69 Å². The number of halogens is 1. The van der Waals surface area contributed by atoms with Gasteiger partial charge in [-0.3, -0.25) is 9.59 Å². The number of carbonyl (C=O) groups excluding carboxylic acids is 2. The molecule has 1 fully saturated rings. The smallest absolute Gasteiger partial charge is 0.283 e. The van der Waals surface area contributed by atoms with Gasteiger partial charge in [-0.05, 0) is 48.5 Å². The molecular formula is C26H22ClN3O3. The molecule has 0 N–H and O–H groups in total. The van der Waals surface area contributed by atoms with E-state index in [4.69, 9.17) is 16.3 Å². The Morgan fingerprint density at radius 1 is 0.606 bits per heavy atom. The van der Waals surface area contributed by atoms with Gasteiger partial charge in [0.2, 0.25) is 0 Å². The summed E-state index contributed by atoms with van der Waals surface area (Å²) >= 11 is 6.38. The second-order valence-corrected chi connectivity index (χ2v) is 8.20. The van der Waals surface area contributed by atoms with Gasteiger partial charge in [-0.2, -0.15) is 0 Å². The lowest BCUT2D eigenvalue weighted by Gasteiger charge is -2.37. The van der Waals surface area contributed by atoms with Crippen LogP contribution in [-0.4, -0.2) is 42.9 Å². The van der Waals surface area contributed by atoms with Crippen molar-refractivity contribution in [3.05, 3.63) is 95.7 Å². The number of amides is 2. The van der Waals surface area contributed by atoms with Crippen molar-refractivity contribution in [1.82, 2.24) is 4.90 Å². The molecule has 0 unspecified atom stereocenters. The van der Waals surface area contributed by atoms with E-state index < -0.39 is 11.8 Å². The molecule has 0 aromatic heterocycles. The molecule has 6 nitrogen and oxygen atoms in total. The molecule has 2 aliphatic heterocycles. The first-order chi connectivity index (χ1) is 16.1. The first-order valence-corrected chi connectivity index (χ1v) is 11.2. The van der Waals surface area contributed by atoms with Crippen molar-refractivity contribution in [1.29, 1.82) is 0 Å². The van der Waals surface area contributed by atoms with Crippen molar-refractivity contribution in [3.63, 3.8) is 0 Å². The average molecular weight is 460 g/mol. The number of imide groups is 1. The Morgan fingerprint density at radius 2 is 1.15 bits per heavy atom. The molecule has 166 valence electrons. The fraction of sp³-hybridized carbons (Fsp3) is 0.154. The maximum Gasteiger partial charge on any atom is 0.283 e. The molecule has 1 saturated heterocycles. The molecule has 2 aliphatic rings. The Kier molecular flexibility index (Phi) is 5.75. The summed E-state index contributed by atoms with van der Waals surface area (Å²) < 4.78 is 5.80. The SMILES string of the molecule is O=C1C(Cl)=C(N2CCN(c3ccccc3)CC2)C(=O)N1c1ccc(Oc2ccccc2)cc1. The summed E-state index contributed by atoms with van der Waals surface area (Å²) in [7, 11) is 0. The van der Waals surface area contributed by atoms with E-state index >= 15 is 0 Å². The van der Waals surface area contributed by atoms with Crippen LogP contribution in [0.25, 0.3) is 0 Å². The minimum atomic E-state index is -0.501. The van der Waals surface area contributed by atoms with Gasteiger partial charge < -0.3 is 14.5 Å². The minimum absolute atomic E-state index is 0.0298. The second kappa shape index (κ2) is 9.00. The lowest BCUT2D eigenvalue weighted by atomic mass is 10.2. The van der Waals surface area contributed by atoms with E-state index in [1.807, 2.05) is 53.4 Å². The van der Waals surface area contributed by atoms with E-state index in [1.54, 1.807) is 24.3 Å². The van der Waals surface area contributed by atoms with Crippen molar-refractivity contribution in [2.75, 3.05) is 36.0 Å². The van der Waals surface area contributed by atoms with Crippen LogP contribution >= 0.6 is 11.6 Å². The predicted octanol–water partition coefficient (Wildman–Crippen LogP) is 4.62. The first-order valence-electron chi connectivity index (χ1n) is 10.8. The van der Waals surface area contributed by atoms with Crippen molar-refractivity contribution >= 4 is 34.8 Å². The Bertz CT molecular complexity index is 1190. The van der Waals surface area contributed by atoms with Crippen molar-refractivity contribution < 1.29 is 14.3 Å². The zero-order valence-corrected chi connectivity index (χ0v) is 18.6. The number of anilines is 2. The number of para-hydroxylation sites is 2. The van der Waals surface area contributed by atoms with Crippen LogP contribution in [0.1, 0.15) is 0 Å². The number of carbonyl (C=O) groups is 2. The maximum absolute atomic E-state index is 13.2. The number of hydrogen-bond donors (Lipinski definition) is 0. The first kappa shape index (κ1) is 21.1. The number of piperazine rings is 1. The fourth-order valence-electron chi connectivity index (χ4n) is 4.11. The van der Waals surface area contributed by atoms with E-state index in [2.05, 4.69) is 17.0 Å². The predicted molar refractivity (Wildman–Crippen MR) is 129 cm³/mol. The summed E-state index contributed by atoms with van der Waals surface area (Å²) in [4.78, 5) is 31.4. The highest BCUT2D eigenvalue weighted by atomic mass is 35.5. The highest BCUT2D eigenvalue weighted by molar-refractivity contribution is 6.52. The molecule has 0 bridgehead atoms. The van der Waals surface area contributed by atoms with E-state index in [-0.39, 0.29) is 10.7 Å². The summed E-state index contributed by atoms with van der Waals surface area (Å²) in [6.45, 7) is 2.70. The number of nitrogens with zero attached hydrogens (tertiary/aromatic N) is 3. The van der Waals surface area contributed by atoms with E-state index in [9.17, 15) is 9.59 Å². The molecule has 5 rings (SSSR count). The average Bonchev–Trinajstić information content (AvgIpc) is 3.09. The molecule has 0 atom stereocenters. The van der Waals surface area contributed by atoms with Gasteiger partial charge in [0, 0.05) is 31.9 Å². The molecule has 2 heterocycles. The van der Waals surface area contributed by atoms with Crippen LogP contribution in [0.15, 0.2) is 95.7 Å². The third kappa shape index (κ3) is 4.17. The minimum Gasteiger partial charge on any atom is -0.457 e. The van der Waals surface area contributed by atoms with Crippen LogP contribution in [0, 0.1) is 0 Å². The third-order valence-electron chi connectivity index (χ3n) is 5.80.